The minimum atomic E-state index is -0.0674. The molecule has 3 heterocycles. The molecule has 1 aromatic carbocycles. The van der Waals surface area contributed by atoms with E-state index in [1.54, 1.807) is 17.1 Å². The Kier molecular flexibility index (Phi) is 4.19. The monoisotopic (exact) mass is 335 g/mol. The molecule has 1 aliphatic rings. The predicted octanol–water partition coefficient (Wildman–Crippen LogP) is 1.97. The van der Waals surface area contributed by atoms with Crippen molar-refractivity contribution in [3.05, 3.63) is 59.9 Å². The SMILES string of the molecule is Cn1ncc2ncc(C(=O)N[C@H]3CCN(Cc4ccccc4)C3)cc21. The first-order chi connectivity index (χ1) is 12.2. The van der Waals surface area contributed by atoms with Gasteiger partial charge in [-0.05, 0) is 18.1 Å². The molecule has 0 bridgehead atoms. The molecule has 25 heavy (non-hydrogen) atoms. The van der Waals surface area contributed by atoms with E-state index in [0.29, 0.717) is 5.56 Å². The first-order valence-electron chi connectivity index (χ1n) is 8.54. The Morgan fingerprint density at radius 2 is 2.12 bits per heavy atom. The number of aryl methyl sites for hydroxylation is 1. The molecule has 1 atom stereocenters. The van der Waals surface area contributed by atoms with Gasteiger partial charge in [-0.15, -0.1) is 0 Å². The molecule has 2 aromatic heterocycles. The molecule has 1 amide bonds. The molecule has 1 aliphatic heterocycles. The summed E-state index contributed by atoms with van der Waals surface area (Å²) >= 11 is 0. The molecule has 6 heteroatoms. The molecule has 3 aromatic rings. The predicted molar refractivity (Wildman–Crippen MR) is 96.1 cm³/mol. The van der Waals surface area contributed by atoms with E-state index in [9.17, 15) is 4.79 Å². The molecular formula is C19H21N5O. The number of hydrogen-bond donors (Lipinski definition) is 1. The zero-order valence-electron chi connectivity index (χ0n) is 14.2. The maximum Gasteiger partial charge on any atom is 0.253 e. The van der Waals surface area contributed by atoms with Crippen molar-refractivity contribution in [3.63, 3.8) is 0 Å². The number of aromatic nitrogens is 3. The first-order valence-corrected chi connectivity index (χ1v) is 8.54. The molecular weight excluding hydrogens is 314 g/mol. The minimum Gasteiger partial charge on any atom is -0.348 e. The van der Waals surface area contributed by atoms with Gasteiger partial charge in [-0.1, -0.05) is 30.3 Å². The second-order valence-corrected chi connectivity index (χ2v) is 6.58. The fraction of sp³-hybridized carbons (Fsp3) is 0.316. The lowest BCUT2D eigenvalue weighted by molar-refractivity contribution is 0.0937. The summed E-state index contributed by atoms with van der Waals surface area (Å²) in [6.07, 6.45) is 4.30. The zero-order valence-corrected chi connectivity index (χ0v) is 14.2. The molecule has 4 rings (SSSR count). The van der Waals surface area contributed by atoms with Crippen LogP contribution in [0.1, 0.15) is 22.3 Å². The van der Waals surface area contributed by atoms with Gasteiger partial charge in [0.1, 0.15) is 5.52 Å². The van der Waals surface area contributed by atoms with E-state index < -0.39 is 0 Å². The molecule has 128 valence electrons. The zero-order chi connectivity index (χ0) is 17.2. The fourth-order valence-corrected chi connectivity index (χ4v) is 3.35. The van der Waals surface area contributed by atoms with Gasteiger partial charge in [0.05, 0.1) is 17.3 Å². The lowest BCUT2D eigenvalue weighted by atomic mass is 10.2. The van der Waals surface area contributed by atoms with Gasteiger partial charge in [-0.3, -0.25) is 19.4 Å². The Hall–Kier alpha value is -2.73. The fourth-order valence-electron chi connectivity index (χ4n) is 3.35. The molecule has 1 saturated heterocycles. The quantitative estimate of drug-likeness (QED) is 0.792. The van der Waals surface area contributed by atoms with Crippen LogP contribution < -0.4 is 5.32 Å². The standard InChI is InChI=1S/C19H21N5O/c1-23-18-9-15(10-20-17(18)11-21-23)19(25)22-16-7-8-24(13-16)12-14-5-3-2-4-6-14/h2-6,9-11,16H,7-8,12-13H2,1H3,(H,22,25)/t16-/m0/s1. The average molecular weight is 335 g/mol. The third kappa shape index (κ3) is 3.39. The van der Waals surface area contributed by atoms with E-state index in [0.717, 1.165) is 37.1 Å². The summed E-state index contributed by atoms with van der Waals surface area (Å²) in [5, 5.41) is 7.30. The van der Waals surface area contributed by atoms with E-state index >= 15 is 0 Å². The summed E-state index contributed by atoms with van der Waals surface area (Å²) in [5.41, 5.74) is 3.55. The average Bonchev–Trinajstić information content (AvgIpc) is 3.22. The number of benzene rings is 1. The van der Waals surface area contributed by atoms with Gasteiger partial charge in [-0.2, -0.15) is 5.10 Å². The van der Waals surface area contributed by atoms with Crippen molar-refractivity contribution in [1.82, 2.24) is 25.0 Å². The Balaban J connectivity index is 1.38. The number of carbonyl (C=O) groups is 1. The highest BCUT2D eigenvalue weighted by molar-refractivity contribution is 5.96. The van der Waals surface area contributed by atoms with Crippen LogP contribution in [0.4, 0.5) is 0 Å². The second-order valence-electron chi connectivity index (χ2n) is 6.58. The minimum absolute atomic E-state index is 0.0674. The summed E-state index contributed by atoms with van der Waals surface area (Å²) in [5.74, 6) is -0.0674. The normalized spacial score (nSPS) is 17.9. The number of carbonyl (C=O) groups excluding carboxylic acids is 1. The van der Waals surface area contributed by atoms with Crippen molar-refractivity contribution in [3.8, 4) is 0 Å². The van der Waals surface area contributed by atoms with Crippen LogP contribution in [0.5, 0.6) is 0 Å². The number of nitrogens with zero attached hydrogens (tertiary/aromatic N) is 4. The van der Waals surface area contributed by atoms with Gasteiger partial charge in [0.2, 0.25) is 0 Å². The van der Waals surface area contributed by atoms with E-state index in [2.05, 4.69) is 44.6 Å². The Labute approximate surface area is 146 Å². The summed E-state index contributed by atoms with van der Waals surface area (Å²) < 4.78 is 1.73. The van der Waals surface area contributed by atoms with Crippen molar-refractivity contribution < 1.29 is 4.79 Å². The topological polar surface area (TPSA) is 63.1 Å². The van der Waals surface area contributed by atoms with Crippen molar-refractivity contribution >= 4 is 16.9 Å². The van der Waals surface area contributed by atoms with Crippen molar-refractivity contribution in [2.45, 2.75) is 19.0 Å². The van der Waals surface area contributed by atoms with Gasteiger partial charge < -0.3 is 5.32 Å². The Morgan fingerprint density at radius 1 is 1.28 bits per heavy atom. The number of pyridine rings is 1. The van der Waals surface area contributed by atoms with Crippen LogP contribution in [0.2, 0.25) is 0 Å². The summed E-state index contributed by atoms with van der Waals surface area (Å²) in [4.78, 5) is 19.2. The molecule has 0 aliphatic carbocycles. The van der Waals surface area contributed by atoms with Gasteiger partial charge in [0.15, 0.2) is 0 Å². The van der Waals surface area contributed by atoms with Crippen molar-refractivity contribution in [2.24, 2.45) is 7.05 Å². The van der Waals surface area contributed by atoms with E-state index in [4.69, 9.17) is 0 Å². The maximum atomic E-state index is 12.5. The van der Waals surface area contributed by atoms with Gasteiger partial charge >= 0.3 is 0 Å². The smallest absolute Gasteiger partial charge is 0.253 e. The summed E-state index contributed by atoms with van der Waals surface area (Å²) in [6, 6.07) is 12.5. The summed E-state index contributed by atoms with van der Waals surface area (Å²) in [6.45, 7) is 2.80. The number of fused-ring (bicyclic) bond motifs is 1. The number of rotatable bonds is 4. The highest BCUT2D eigenvalue weighted by Gasteiger charge is 2.24. The lowest BCUT2D eigenvalue weighted by Gasteiger charge is -2.16. The Morgan fingerprint density at radius 3 is 2.96 bits per heavy atom. The van der Waals surface area contributed by atoms with Crippen LogP contribution in [-0.2, 0) is 13.6 Å². The first kappa shape index (κ1) is 15.8. The number of nitrogens with one attached hydrogen (secondary N) is 1. The lowest BCUT2D eigenvalue weighted by Crippen LogP contribution is -2.37. The van der Waals surface area contributed by atoms with E-state index in [1.165, 1.54) is 5.56 Å². The second kappa shape index (κ2) is 6.64. The van der Waals surface area contributed by atoms with Crippen molar-refractivity contribution in [1.29, 1.82) is 0 Å². The van der Waals surface area contributed by atoms with E-state index in [1.807, 2.05) is 19.2 Å². The number of likely N-dealkylation sites (tertiary alicyclic amines) is 1. The van der Waals surface area contributed by atoms with Gasteiger partial charge in [0.25, 0.3) is 5.91 Å². The third-order valence-electron chi connectivity index (χ3n) is 4.72. The van der Waals surface area contributed by atoms with Crippen LogP contribution in [0, 0.1) is 0 Å². The summed E-state index contributed by atoms with van der Waals surface area (Å²) in [7, 11) is 1.85. The van der Waals surface area contributed by atoms with Crippen molar-refractivity contribution in [2.75, 3.05) is 13.1 Å². The van der Waals surface area contributed by atoms with Crippen LogP contribution in [-0.4, -0.2) is 44.7 Å². The maximum absolute atomic E-state index is 12.5. The Bertz CT molecular complexity index is 889. The molecule has 0 radical (unpaired) electrons. The molecule has 0 saturated carbocycles. The third-order valence-corrected chi connectivity index (χ3v) is 4.72. The van der Waals surface area contributed by atoms with Gasteiger partial charge in [-0.25, -0.2) is 0 Å². The molecule has 6 nitrogen and oxygen atoms in total. The molecule has 0 unspecified atom stereocenters. The van der Waals surface area contributed by atoms with Gasteiger partial charge in [0, 0.05) is 38.9 Å². The number of hydrogen-bond acceptors (Lipinski definition) is 4. The molecule has 0 spiro atoms. The van der Waals surface area contributed by atoms with E-state index in [-0.39, 0.29) is 11.9 Å². The van der Waals surface area contributed by atoms with Crippen LogP contribution in [0.3, 0.4) is 0 Å². The largest absolute Gasteiger partial charge is 0.348 e. The highest BCUT2D eigenvalue weighted by atomic mass is 16.1. The highest BCUT2D eigenvalue weighted by Crippen LogP contribution is 2.15. The molecule has 1 N–H and O–H groups in total. The number of amides is 1. The van der Waals surface area contributed by atoms with Crippen LogP contribution >= 0.6 is 0 Å². The molecule has 1 fully saturated rings. The van der Waals surface area contributed by atoms with Crippen LogP contribution in [0.25, 0.3) is 11.0 Å². The van der Waals surface area contributed by atoms with Crippen LogP contribution in [0.15, 0.2) is 48.8 Å².